The first kappa shape index (κ1) is 15.9. The molecule has 4 nitrogen and oxygen atoms in total. The van der Waals surface area contributed by atoms with E-state index in [1.165, 1.54) is 0 Å². The monoisotopic (exact) mass is 382 g/mol. The molecule has 0 fully saturated rings. The molecule has 3 N–H and O–H groups in total. The highest BCUT2D eigenvalue weighted by Crippen LogP contribution is 2.13. The lowest BCUT2D eigenvalue weighted by molar-refractivity contribution is 0.465. The van der Waals surface area contributed by atoms with Crippen molar-refractivity contribution in [2.75, 3.05) is 6.54 Å². The number of sulfonamides is 1. The lowest BCUT2D eigenvalue weighted by atomic mass is 10.1. The summed E-state index contributed by atoms with van der Waals surface area (Å²) < 4.78 is 27.9. The quantitative estimate of drug-likeness (QED) is 0.739. The maximum atomic E-state index is 12.1. The average Bonchev–Trinajstić information content (AvgIpc) is 2.27. The maximum Gasteiger partial charge on any atom is 0.240 e. The van der Waals surface area contributed by atoms with Crippen molar-refractivity contribution >= 4 is 32.6 Å². The van der Waals surface area contributed by atoms with Crippen LogP contribution in [0.5, 0.6) is 0 Å². The zero-order valence-electron chi connectivity index (χ0n) is 10.6. The molecule has 18 heavy (non-hydrogen) atoms. The first-order chi connectivity index (χ1) is 8.35. The summed E-state index contributed by atoms with van der Waals surface area (Å²) in [6.45, 7) is 4.39. The van der Waals surface area contributed by atoms with Gasteiger partial charge in [0.05, 0.1) is 4.90 Å². The summed E-state index contributed by atoms with van der Waals surface area (Å²) in [5.41, 5.74) is 5.60. The Kier molecular flexibility index (Phi) is 6.03. The molecule has 0 bridgehead atoms. The Bertz CT molecular complexity index is 471. The minimum Gasteiger partial charge on any atom is -0.329 e. The number of rotatable bonds is 6. The van der Waals surface area contributed by atoms with Crippen molar-refractivity contribution in [1.82, 2.24) is 4.72 Å². The van der Waals surface area contributed by atoms with E-state index in [0.29, 0.717) is 12.5 Å². The van der Waals surface area contributed by atoms with Crippen LogP contribution in [0, 0.1) is 9.49 Å². The molecule has 0 radical (unpaired) electrons. The summed E-state index contributed by atoms with van der Waals surface area (Å²) >= 11 is 2.14. The molecule has 0 aromatic heterocycles. The molecule has 0 saturated carbocycles. The molecule has 1 rings (SSSR count). The SMILES string of the molecule is CC(C)CC(CN)NS(=O)(=O)c1ccc(I)cc1. The second-order valence-electron chi connectivity index (χ2n) is 4.64. The van der Waals surface area contributed by atoms with Gasteiger partial charge in [0.2, 0.25) is 10.0 Å². The van der Waals surface area contributed by atoms with Crippen LogP contribution in [0.25, 0.3) is 0 Å². The van der Waals surface area contributed by atoms with E-state index in [-0.39, 0.29) is 10.9 Å². The van der Waals surface area contributed by atoms with Gasteiger partial charge in [-0.3, -0.25) is 0 Å². The van der Waals surface area contributed by atoms with Crippen LogP contribution in [0.1, 0.15) is 20.3 Å². The van der Waals surface area contributed by atoms with Crippen LogP contribution in [-0.4, -0.2) is 21.0 Å². The molecule has 1 unspecified atom stereocenters. The molecule has 0 aliphatic heterocycles. The fraction of sp³-hybridized carbons (Fsp3) is 0.500. The maximum absolute atomic E-state index is 12.1. The Morgan fingerprint density at radius 3 is 2.28 bits per heavy atom. The van der Waals surface area contributed by atoms with Gasteiger partial charge < -0.3 is 5.73 Å². The molecule has 0 spiro atoms. The predicted molar refractivity (Wildman–Crippen MR) is 81.8 cm³/mol. The molecule has 0 aliphatic carbocycles. The van der Waals surface area contributed by atoms with Crippen molar-refractivity contribution in [3.8, 4) is 0 Å². The molecule has 6 heteroatoms. The summed E-state index contributed by atoms with van der Waals surface area (Å²) in [6, 6.07) is 6.54. The zero-order valence-corrected chi connectivity index (χ0v) is 13.5. The van der Waals surface area contributed by atoms with E-state index in [1.54, 1.807) is 24.3 Å². The number of hydrogen-bond donors (Lipinski definition) is 2. The predicted octanol–water partition coefficient (Wildman–Crippen LogP) is 1.94. The highest BCUT2D eigenvalue weighted by atomic mass is 127. The van der Waals surface area contributed by atoms with Crippen LogP contribution < -0.4 is 10.5 Å². The fourth-order valence-electron chi connectivity index (χ4n) is 1.66. The van der Waals surface area contributed by atoms with Crippen LogP contribution in [0.15, 0.2) is 29.2 Å². The van der Waals surface area contributed by atoms with Gasteiger partial charge in [0.1, 0.15) is 0 Å². The number of halogens is 1. The van der Waals surface area contributed by atoms with Crippen molar-refractivity contribution < 1.29 is 8.42 Å². The normalized spacial score (nSPS) is 13.8. The molecule has 1 atom stereocenters. The van der Waals surface area contributed by atoms with Crippen LogP contribution in [0.4, 0.5) is 0 Å². The van der Waals surface area contributed by atoms with Gasteiger partial charge in [-0.2, -0.15) is 0 Å². The smallest absolute Gasteiger partial charge is 0.240 e. The Morgan fingerprint density at radius 1 is 1.28 bits per heavy atom. The molecule has 1 aromatic carbocycles. The highest BCUT2D eigenvalue weighted by Gasteiger charge is 2.19. The van der Waals surface area contributed by atoms with E-state index in [0.717, 1.165) is 9.99 Å². The standard InChI is InChI=1S/C12H19IN2O2S/c1-9(2)7-11(8-14)15-18(16,17)12-5-3-10(13)4-6-12/h3-6,9,11,15H,7-8,14H2,1-2H3. The molecular formula is C12H19IN2O2S. The molecular weight excluding hydrogens is 363 g/mol. The van der Waals surface area contributed by atoms with E-state index in [2.05, 4.69) is 27.3 Å². The Labute approximate surface area is 123 Å². The summed E-state index contributed by atoms with van der Waals surface area (Å²) in [5, 5.41) is 0. The lowest BCUT2D eigenvalue weighted by Gasteiger charge is -2.18. The van der Waals surface area contributed by atoms with Crippen molar-refractivity contribution in [3.05, 3.63) is 27.8 Å². The number of hydrogen-bond acceptors (Lipinski definition) is 3. The second kappa shape index (κ2) is 6.83. The molecule has 1 aromatic rings. The van der Waals surface area contributed by atoms with E-state index >= 15 is 0 Å². The average molecular weight is 382 g/mol. The fourth-order valence-corrected chi connectivity index (χ4v) is 3.28. The van der Waals surface area contributed by atoms with Gasteiger partial charge in [0, 0.05) is 16.2 Å². The third-order valence-electron chi connectivity index (χ3n) is 2.49. The van der Waals surface area contributed by atoms with Gasteiger partial charge in [-0.05, 0) is 59.2 Å². The number of nitrogens with two attached hydrogens (primary N) is 1. The first-order valence-electron chi connectivity index (χ1n) is 5.83. The van der Waals surface area contributed by atoms with Gasteiger partial charge >= 0.3 is 0 Å². The van der Waals surface area contributed by atoms with Gasteiger partial charge in [0.25, 0.3) is 0 Å². The van der Waals surface area contributed by atoms with E-state index in [4.69, 9.17) is 5.73 Å². The van der Waals surface area contributed by atoms with Crippen LogP contribution in [-0.2, 0) is 10.0 Å². The molecule has 0 saturated heterocycles. The Balaban J connectivity index is 2.83. The van der Waals surface area contributed by atoms with Gasteiger partial charge in [-0.1, -0.05) is 13.8 Å². The molecule has 0 amide bonds. The van der Waals surface area contributed by atoms with E-state index < -0.39 is 10.0 Å². The van der Waals surface area contributed by atoms with Crippen molar-refractivity contribution in [2.45, 2.75) is 31.2 Å². The van der Waals surface area contributed by atoms with Gasteiger partial charge in [-0.25, -0.2) is 13.1 Å². The van der Waals surface area contributed by atoms with Crippen molar-refractivity contribution in [2.24, 2.45) is 11.7 Å². The summed E-state index contributed by atoms with van der Waals surface area (Å²) in [5.74, 6) is 0.401. The van der Waals surface area contributed by atoms with E-state index in [1.807, 2.05) is 13.8 Å². The number of nitrogens with one attached hydrogen (secondary N) is 1. The summed E-state index contributed by atoms with van der Waals surface area (Å²) in [4.78, 5) is 0.283. The van der Waals surface area contributed by atoms with Crippen LogP contribution >= 0.6 is 22.6 Å². The number of benzene rings is 1. The molecule has 0 aliphatic rings. The summed E-state index contributed by atoms with van der Waals surface area (Å²) in [7, 11) is -3.47. The van der Waals surface area contributed by atoms with Gasteiger partial charge in [0.15, 0.2) is 0 Å². The zero-order chi connectivity index (χ0) is 13.8. The Morgan fingerprint density at radius 2 is 1.83 bits per heavy atom. The minimum absolute atomic E-state index is 0.214. The largest absolute Gasteiger partial charge is 0.329 e. The van der Waals surface area contributed by atoms with Gasteiger partial charge in [-0.15, -0.1) is 0 Å². The third kappa shape index (κ3) is 4.83. The summed E-state index contributed by atoms with van der Waals surface area (Å²) in [6.07, 6.45) is 0.736. The third-order valence-corrected chi connectivity index (χ3v) is 4.74. The lowest BCUT2D eigenvalue weighted by Crippen LogP contribution is -2.40. The van der Waals surface area contributed by atoms with E-state index in [9.17, 15) is 8.42 Å². The highest BCUT2D eigenvalue weighted by molar-refractivity contribution is 14.1. The Hall–Kier alpha value is -0.180. The van der Waals surface area contributed by atoms with Crippen molar-refractivity contribution in [3.63, 3.8) is 0 Å². The van der Waals surface area contributed by atoms with Crippen LogP contribution in [0.3, 0.4) is 0 Å². The topological polar surface area (TPSA) is 72.2 Å². The minimum atomic E-state index is -3.47. The van der Waals surface area contributed by atoms with Crippen LogP contribution in [0.2, 0.25) is 0 Å². The molecule has 102 valence electrons. The van der Waals surface area contributed by atoms with Crippen molar-refractivity contribution in [1.29, 1.82) is 0 Å². The second-order valence-corrected chi connectivity index (χ2v) is 7.60. The first-order valence-corrected chi connectivity index (χ1v) is 8.39. The molecule has 0 heterocycles.